The summed E-state index contributed by atoms with van der Waals surface area (Å²) >= 11 is 0. The minimum Gasteiger partial charge on any atom is -0.480 e. The predicted octanol–water partition coefficient (Wildman–Crippen LogP) is 0.976. The fourth-order valence-corrected chi connectivity index (χ4v) is 3.89. The van der Waals surface area contributed by atoms with Crippen LogP contribution in [0.2, 0.25) is 0 Å². The smallest absolute Gasteiger partial charge is 0.325 e. The van der Waals surface area contributed by atoms with E-state index in [-0.39, 0.29) is 18.3 Å². The predicted molar refractivity (Wildman–Crippen MR) is 71.4 cm³/mol. The van der Waals surface area contributed by atoms with E-state index in [1.807, 2.05) is 0 Å². The summed E-state index contributed by atoms with van der Waals surface area (Å²) in [6, 6.07) is 0. The maximum Gasteiger partial charge on any atom is 0.325 e. The maximum atomic E-state index is 12.0. The number of carboxylic acid groups (broad SMARTS) is 1. The van der Waals surface area contributed by atoms with E-state index in [0.29, 0.717) is 13.0 Å². The molecule has 0 saturated heterocycles. The van der Waals surface area contributed by atoms with Crippen LogP contribution in [0, 0.1) is 5.92 Å². The third-order valence-corrected chi connectivity index (χ3v) is 5.10. The molecular weight excluding hydrogens is 270 g/mol. The highest BCUT2D eigenvalue weighted by Gasteiger charge is 2.47. The number of carboxylic acids is 1. The molecule has 2 unspecified atom stereocenters. The van der Waals surface area contributed by atoms with Crippen molar-refractivity contribution in [1.82, 2.24) is 4.72 Å². The average molecular weight is 293 g/mol. The lowest BCUT2D eigenvalue weighted by Gasteiger charge is -2.39. The molecule has 7 heteroatoms. The zero-order valence-electron chi connectivity index (χ0n) is 11.5. The summed E-state index contributed by atoms with van der Waals surface area (Å²) in [6.07, 6.45) is 2.74. The van der Waals surface area contributed by atoms with Crippen LogP contribution in [0.5, 0.6) is 0 Å². The van der Waals surface area contributed by atoms with Crippen LogP contribution < -0.4 is 4.72 Å². The highest BCUT2D eigenvalue weighted by atomic mass is 32.2. The van der Waals surface area contributed by atoms with Crippen molar-refractivity contribution >= 4 is 16.0 Å². The van der Waals surface area contributed by atoms with E-state index >= 15 is 0 Å². The molecule has 19 heavy (non-hydrogen) atoms. The van der Waals surface area contributed by atoms with Crippen molar-refractivity contribution in [3.05, 3.63) is 0 Å². The summed E-state index contributed by atoms with van der Waals surface area (Å²) in [4.78, 5) is 11.5. The van der Waals surface area contributed by atoms with Crippen molar-refractivity contribution < 1.29 is 23.1 Å². The Bertz CT molecular complexity index is 408. The molecule has 1 aliphatic carbocycles. The largest absolute Gasteiger partial charge is 0.480 e. The van der Waals surface area contributed by atoms with Gasteiger partial charge in [-0.25, -0.2) is 8.42 Å². The molecule has 0 bridgehead atoms. The van der Waals surface area contributed by atoms with Gasteiger partial charge in [-0.3, -0.25) is 4.79 Å². The third kappa shape index (κ3) is 4.15. The Morgan fingerprint density at radius 2 is 2.16 bits per heavy atom. The van der Waals surface area contributed by atoms with Crippen LogP contribution in [-0.2, 0) is 19.6 Å². The number of hydrogen-bond acceptors (Lipinski definition) is 4. The Labute approximate surface area is 114 Å². The number of aliphatic carboxylic acids is 1. The van der Waals surface area contributed by atoms with E-state index in [1.54, 1.807) is 13.8 Å². The molecule has 0 aliphatic heterocycles. The fraction of sp³-hybridized carbons (Fsp3) is 0.917. The van der Waals surface area contributed by atoms with Crippen LogP contribution in [0.1, 0.15) is 39.5 Å². The molecule has 1 saturated carbocycles. The number of rotatable bonds is 7. The van der Waals surface area contributed by atoms with Crippen LogP contribution in [0.4, 0.5) is 0 Å². The Balaban J connectivity index is 2.81. The Morgan fingerprint density at radius 3 is 2.68 bits per heavy atom. The molecule has 0 radical (unpaired) electrons. The monoisotopic (exact) mass is 293 g/mol. The summed E-state index contributed by atoms with van der Waals surface area (Å²) in [6.45, 7) is 4.09. The quantitative estimate of drug-likeness (QED) is 0.682. The Kier molecular flexibility index (Phi) is 5.76. The second-order valence-electron chi connectivity index (χ2n) is 5.04. The lowest BCUT2D eigenvalue weighted by atomic mass is 9.74. The molecule has 1 rings (SSSR count). The molecule has 0 aromatic heterocycles. The van der Waals surface area contributed by atoms with Gasteiger partial charge in [-0.2, -0.15) is 4.72 Å². The van der Waals surface area contributed by atoms with Gasteiger partial charge in [-0.15, -0.1) is 0 Å². The van der Waals surface area contributed by atoms with E-state index in [4.69, 9.17) is 4.74 Å². The molecule has 0 amide bonds. The summed E-state index contributed by atoms with van der Waals surface area (Å²) in [7, 11) is -3.65. The second kappa shape index (κ2) is 6.67. The minimum atomic E-state index is -3.65. The number of sulfonamides is 1. The maximum absolute atomic E-state index is 12.0. The topological polar surface area (TPSA) is 92.7 Å². The van der Waals surface area contributed by atoms with Gasteiger partial charge in [-0.1, -0.05) is 19.8 Å². The van der Waals surface area contributed by atoms with Gasteiger partial charge in [0.05, 0.1) is 12.4 Å². The van der Waals surface area contributed by atoms with Gasteiger partial charge in [0.1, 0.15) is 5.54 Å². The fourth-order valence-electron chi connectivity index (χ4n) is 2.50. The summed E-state index contributed by atoms with van der Waals surface area (Å²) < 4.78 is 31.4. The van der Waals surface area contributed by atoms with Gasteiger partial charge >= 0.3 is 5.97 Å². The summed E-state index contributed by atoms with van der Waals surface area (Å²) in [5, 5.41) is 9.44. The molecule has 112 valence electrons. The molecule has 0 spiro atoms. The van der Waals surface area contributed by atoms with Crippen LogP contribution in [0.15, 0.2) is 0 Å². The van der Waals surface area contributed by atoms with Crippen LogP contribution in [0.25, 0.3) is 0 Å². The van der Waals surface area contributed by atoms with Crippen molar-refractivity contribution in [3.63, 3.8) is 0 Å². The minimum absolute atomic E-state index is 0.0793. The first-order valence-corrected chi connectivity index (χ1v) is 8.32. The lowest BCUT2D eigenvalue weighted by molar-refractivity contribution is -0.147. The van der Waals surface area contributed by atoms with Crippen molar-refractivity contribution in [1.29, 1.82) is 0 Å². The molecule has 0 aromatic carbocycles. The van der Waals surface area contributed by atoms with Gasteiger partial charge in [-0.05, 0) is 25.7 Å². The normalized spacial score (nSPS) is 28.2. The van der Waals surface area contributed by atoms with E-state index in [2.05, 4.69) is 4.72 Å². The number of ether oxygens (including phenoxy) is 1. The zero-order valence-corrected chi connectivity index (χ0v) is 12.3. The molecule has 2 N–H and O–H groups in total. The van der Waals surface area contributed by atoms with Crippen LogP contribution in [0.3, 0.4) is 0 Å². The first kappa shape index (κ1) is 16.4. The van der Waals surface area contributed by atoms with Crippen molar-refractivity contribution in [3.8, 4) is 0 Å². The Morgan fingerprint density at radius 1 is 1.47 bits per heavy atom. The molecule has 0 aromatic rings. The summed E-state index contributed by atoms with van der Waals surface area (Å²) in [5.74, 6) is -1.50. The molecule has 2 atom stereocenters. The van der Waals surface area contributed by atoms with E-state index in [0.717, 1.165) is 19.3 Å². The number of nitrogens with one attached hydrogen (secondary N) is 1. The SMILES string of the molecule is CCOCCS(=O)(=O)NC1(C(=O)O)CCCCC1C. The number of hydrogen-bond donors (Lipinski definition) is 2. The first-order valence-electron chi connectivity index (χ1n) is 6.67. The highest BCUT2D eigenvalue weighted by molar-refractivity contribution is 7.89. The van der Waals surface area contributed by atoms with Crippen molar-refractivity contribution in [2.75, 3.05) is 19.0 Å². The average Bonchev–Trinajstić information content (AvgIpc) is 2.32. The van der Waals surface area contributed by atoms with E-state index in [1.165, 1.54) is 0 Å². The molecule has 1 fully saturated rings. The van der Waals surface area contributed by atoms with E-state index < -0.39 is 21.5 Å². The van der Waals surface area contributed by atoms with Gasteiger partial charge in [0.15, 0.2) is 0 Å². The van der Waals surface area contributed by atoms with Crippen LogP contribution in [-0.4, -0.2) is 44.0 Å². The highest BCUT2D eigenvalue weighted by Crippen LogP contribution is 2.34. The van der Waals surface area contributed by atoms with E-state index in [9.17, 15) is 18.3 Å². The van der Waals surface area contributed by atoms with Gasteiger partial charge in [0.2, 0.25) is 10.0 Å². The van der Waals surface area contributed by atoms with Crippen LogP contribution >= 0.6 is 0 Å². The molecular formula is C12H23NO5S. The number of carbonyl (C=O) groups is 1. The molecule has 6 nitrogen and oxygen atoms in total. The zero-order chi connectivity index (χ0) is 14.5. The van der Waals surface area contributed by atoms with Gasteiger partial charge in [0, 0.05) is 6.61 Å². The van der Waals surface area contributed by atoms with Crippen molar-refractivity contribution in [2.24, 2.45) is 5.92 Å². The second-order valence-corrected chi connectivity index (χ2v) is 6.88. The molecule has 1 aliphatic rings. The van der Waals surface area contributed by atoms with Gasteiger partial charge in [0.25, 0.3) is 0 Å². The Hall–Kier alpha value is -0.660. The third-order valence-electron chi connectivity index (χ3n) is 3.72. The first-order chi connectivity index (χ1) is 8.84. The molecule has 0 heterocycles. The van der Waals surface area contributed by atoms with Crippen molar-refractivity contribution in [2.45, 2.75) is 45.1 Å². The summed E-state index contributed by atoms with van der Waals surface area (Å²) in [5.41, 5.74) is -1.36. The van der Waals surface area contributed by atoms with Gasteiger partial charge < -0.3 is 9.84 Å². The standard InChI is InChI=1S/C12H23NO5S/c1-3-18-8-9-19(16,17)13-12(11(14)15)7-5-4-6-10(12)2/h10,13H,3-9H2,1-2H3,(H,14,15). The lowest BCUT2D eigenvalue weighted by Crippen LogP contribution is -2.60.